The fraction of sp³-hybridized carbons (Fsp3) is 0.727. The second kappa shape index (κ2) is 2.93. The van der Waals surface area contributed by atoms with Gasteiger partial charge in [-0.25, -0.2) is 0 Å². The van der Waals surface area contributed by atoms with Gasteiger partial charge in [0.15, 0.2) is 0 Å². The smallest absolute Gasteiger partial charge is 0.00415 e. The van der Waals surface area contributed by atoms with Crippen molar-refractivity contribution in [3.63, 3.8) is 0 Å². The lowest BCUT2D eigenvalue weighted by Crippen LogP contribution is -2.40. The van der Waals surface area contributed by atoms with Crippen LogP contribution in [0.15, 0.2) is 12.4 Å². The average Bonchev–Trinajstić information content (AvgIpc) is 2.28. The molecule has 0 fully saturated rings. The minimum atomic E-state index is 0.177. The quantitative estimate of drug-likeness (QED) is 0.530. The molecule has 1 aliphatic rings. The minimum Gasteiger partial charge on any atom is -0.504 e. The van der Waals surface area contributed by atoms with Crippen LogP contribution >= 0.6 is 0 Å². The molecule has 2 nitrogen and oxygen atoms in total. The Kier molecular flexibility index (Phi) is 2.35. The highest BCUT2D eigenvalue weighted by Crippen LogP contribution is 2.27. The predicted molar refractivity (Wildman–Crippen MR) is 56.6 cm³/mol. The van der Waals surface area contributed by atoms with Crippen LogP contribution < -0.4 is 0 Å². The molecule has 0 spiro atoms. The second-order valence-corrected chi connectivity index (χ2v) is 5.57. The van der Waals surface area contributed by atoms with Crippen LogP contribution in [0.5, 0.6) is 0 Å². The normalized spacial score (nSPS) is 18.6. The predicted octanol–water partition coefficient (Wildman–Crippen LogP) is 2.79. The Hall–Kier alpha value is -0.660. The van der Waals surface area contributed by atoms with Gasteiger partial charge in [0, 0.05) is 11.1 Å². The molecule has 76 valence electrons. The van der Waals surface area contributed by atoms with E-state index in [1.54, 1.807) is 0 Å². The zero-order chi connectivity index (χ0) is 10.3. The van der Waals surface area contributed by atoms with E-state index in [1.165, 1.54) is 0 Å². The summed E-state index contributed by atoms with van der Waals surface area (Å²) in [5, 5.41) is 0. The summed E-state index contributed by atoms with van der Waals surface area (Å²) in [6.07, 6.45) is 4.26. The summed E-state index contributed by atoms with van der Waals surface area (Å²) in [6.45, 7) is 15.4. The van der Waals surface area contributed by atoms with E-state index < -0.39 is 0 Å². The van der Waals surface area contributed by atoms with Crippen LogP contribution in [0.2, 0.25) is 0 Å². The van der Waals surface area contributed by atoms with E-state index in [1.807, 2.05) is 0 Å². The van der Waals surface area contributed by atoms with Gasteiger partial charge in [-0.2, -0.15) is 6.67 Å². The molecular weight excluding hydrogens is 160 g/mol. The first kappa shape index (κ1) is 10.4. The molecule has 1 rings (SSSR count). The SMILES string of the molecule is CC(C)(C)N1C=CN(C(C)(C)C)[CH-]1. The van der Waals surface area contributed by atoms with E-state index in [0.717, 1.165) is 0 Å². The van der Waals surface area contributed by atoms with Crippen molar-refractivity contribution in [3.8, 4) is 0 Å². The Bertz CT molecular complexity index is 183. The van der Waals surface area contributed by atoms with Gasteiger partial charge < -0.3 is 9.80 Å². The minimum absolute atomic E-state index is 0.177. The average molecular weight is 181 g/mol. The van der Waals surface area contributed by atoms with Crippen molar-refractivity contribution in [2.45, 2.75) is 52.6 Å². The summed E-state index contributed by atoms with van der Waals surface area (Å²) in [4.78, 5) is 4.47. The lowest BCUT2D eigenvalue weighted by Gasteiger charge is -2.48. The van der Waals surface area contributed by atoms with Gasteiger partial charge in [-0.3, -0.25) is 0 Å². The third kappa shape index (κ3) is 2.39. The standard InChI is InChI=1S/C11H21N2/c1-10(2,3)12-7-8-13(9-12)11(4,5)6/h7-9H,1-6H3/q-1. The zero-order valence-corrected chi connectivity index (χ0v) is 9.63. The molecule has 0 saturated carbocycles. The molecule has 1 heterocycles. The lowest BCUT2D eigenvalue weighted by molar-refractivity contribution is 0.166. The highest BCUT2D eigenvalue weighted by Gasteiger charge is 2.20. The van der Waals surface area contributed by atoms with Gasteiger partial charge in [-0.15, -0.1) is 0 Å². The molecule has 0 amide bonds. The molecule has 0 N–H and O–H groups in total. The summed E-state index contributed by atoms with van der Waals surface area (Å²) < 4.78 is 0. The maximum Gasteiger partial charge on any atom is 0.00415 e. The fourth-order valence-corrected chi connectivity index (χ4v) is 1.15. The highest BCUT2D eigenvalue weighted by atomic mass is 15.4. The third-order valence-electron chi connectivity index (χ3n) is 2.19. The van der Waals surface area contributed by atoms with E-state index in [0.29, 0.717) is 0 Å². The van der Waals surface area contributed by atoms with Crippen molar-refractivity contribution in [2.75, 3.05) is 0 Å². The molecule has 0 bridgehead atoms. The number of nitrogens with zero attached hydrogens (tertiary/aromatic N) is 2. The van der Waals surface area contributed by atoms with Crippen LogP contribution in [0.25, 0.3) is 0 Å². The molecule has 0 aliphatic carbocycles. The first-order chi connectivity index (χ1) is 5.71. The van der Waals surface area contributed by atoms with E-state index in [2.05, 4.69) is 70.4 Å². The van der Waals surface area contributed by atoms with Gasteiger partial charge in [0.05, 0.1) is 0 Å². The first-order valence-corrected chi connectivity index (χ1v) is 4.81. The summed E-state index contributed by atoms with van der Waals surface area (Å²) in [5.74, 6) is 0. The van der Waals surface area contributed by atoms with Gasteiger partial charge in [0.25, 0.3) is 0 Å². The van der Waals surface area contributed by atoms with Crippen molar-refractivity contribution < 1.29 is 0 Å². The fourth-order valence-electron chi connectivity index (χ4n) is 1.15. The van der Waals surface area contributed by atoms with E-state index >= 15 is 0 Å². The molecule has 0 unspecified atom stereocenters. The van der Waals surface area contributed by atoms with Crippen LogP contribution in [-0.2, 0) is 0 Å². The zero-order valence-electron chi connectivity index (χ0n) is 9.63. The Morgan fingerprint density at radius 2 is 1.08 bits per heavy atom. The first-order valence-electron chi connectivity index (χ1n) is 4.81. The molecule has 0 aromatic rings. The van der Waals surface area contributed by atoms with Crippen molar-refractivity contribution in [1.82, 2.24) is 9.80 Å². The van der Waals surface area contributed by atoms with Crippen molar-refractivity contribution in [1.29, 1.82) is 0 Å². The van der Waals surface area contributed by atoms with Crippen molar-refractivity contribution >= 4 is 0 Å². The molecule has 13 heavy (non-hydrogen) atoms. The Morgan fingerprint density at radius 1 is 0.769 bits per heavy atom. The summed E-state index contributed by atoms with van der Waals surface area (Å²) >= 11 is 0. The summed E-state index contributed by atoms with van der Waals surface area (Å²) in [5.41, 5.74) is 0.354. The molecule has 0 radical (unpaired) electrons. The molecule has 1 aliphatic heterocycles. The monoisotopic (exact) mass is 181 g/mol. The Morgan fingerprint density at radius 3 is 1.23 bits per heavy atom. The Balaban J connectivity index is 2.63. The number of hydrogen-bond donors (Lipinski definition) is 0. The summed E-state index contributed by atoms with van der Waals surface area (Å²) in [6, 6.07) is 0. The van der Waals surface area contributed by atoms with Gasteiger partial charge in [-0.1, -0.05) is 0 Å². The maximum absolute atomic E-state index is 2.23. The number of rotatable bonds is 0. The van der Waals surface area contributed by atoms with Gasteiger partial charge in [-0.05, 0) is 53.9 Å². The van der Waals surface area contributed by atoms with Crippen LogP contribution in [0, 0.1) is 6.67 Å². The van der Waals surface area contributed by atoms with Crippen LogP contribution in [0.1, 0.15) is 41.5 Å². The largest absolute Gasteiger partial charge is 0.504 e. The topological polar surface area (TPSA) is 6.48 Å². The molecule has 0 atom stereocenters. The molecule has 0 aromatic heterocycles. The van der Waals surface area contributed by atoms with Gasteiger partial charge >= 0.3 is 0 Å². The maximum atomic E-state index is 2.23. The Labute approximate surface area is 82.2 Å². The molecule has 0 aromatic carbocycles. The van der Waals surface area contributed by atoms with Crippen molar-refractivity contribution in [3.05, 3.63) is 19.1 Å². The molecular formula is C11H21N2-. The van der Waals surface area contributed by atoms with Crippen molar-refractivity contribution in [2.24, 2.45) is 0 Å². The van der Waals surface area contributed by atoms with Crippen LogP contribution in [0.3, 0.4) is 0 Å². The van der Waals surface area contributed by atoms with E-state index in [4.69, 9.17) is 0 Å². The van der Waals surface area contributed by atoms with E-state index in [9.17, 15) is 0 Å². The summed E-state index contributed by atoms with van der Waals surface area (Å²) in [7, 11) is 0. The third-order valence-corrected chi connectivity index (χ3v) is 2.19. The van der Waals surface area contributed by atoms with Gasteiger partial charge in [0.1, 0.15) is 0 Å². The van der Waals surface area contributed by atoms with Gasteiger partial charge in [0.2, 0.25) is 0 Å². The lowest BCUT2D eigenvalue weighted by atomic mass is 10.1. The molecule has 0 saturated heterocycles. The van der Waals surface area contributed by atoms with Crippen LogP contribution in [0.4, 0.5) is 0 Å². The van der Waals surface area contributed by atoms with E-state index in [-0.39, 0.29) is 11.1 Å². The number of hydrogen-bond acceptors (Lipinski definition) is 2. The molecule has 2 heteroatoms. The highest BCUT2D eigenvalue weighted by molar-refractivity contribution is 5.05. The second-order valence-electron chi connectivity index (χ2n) is 5.57. The van der Waals surface area contributed by atoms with Crippen LogP contribution in [-0.4, -0.2) is 20.9 Å².